The number of carbonyl (C=O) groups excluding carboxylic acids is 1. The molecule has 3 nitrogen and oxygen atoms in total. The fourth-order valence-corrected chi connectivity index (χ4v) is 1.35. The number of anilines is 1. The second-order valence-electron chi connectivity index (χ2n) is 3.92. The molecule has 0 aromatic heterocycles. The summed E-state index contributed by atoms with van der Waals surface area (Å²) in [6.07, 6.45) is 0.924. The van der Waals surface area contributed by atoms with Crippen molar-refractivity contribution in [2.24, 2.45) is 0 Å². The smallest absolute Gasteiger partial charge is 0.251 e. The molecule has 0 aliphatic rings. The number of rotatable bonds is 3. The topological polar surface area (TPSA) is 55.1 Å². The van der Waals surface area contributed by atoms with Gasteiger partial charge in [0, 0.05) is 17.3 Å². The first-order chi connectivity index (χ1) is 7.02. The Labute approximate surface area is 90.7 Å². The largest absolute Gasteiger partial charge is 0.399 e. The van der Waals surface area contributed by atoms with Gasteiger partial charge in [-0.05, 0) is 44.0 Å². The molecule has 3 N–H and O–H groups in total. The Hall–Kier alpha value is -1.51. The summed E-state index contributed by atoms with van der Waals surface area (Å²) in [6.45, 7) is 5.95. The molecule has 0 saturated heterocycles. The van der Waals surface area contributed by atoms with Crippen molar-refractivity contribution < 1.29 is 4.79 Å². The highest BCUT2D eigenvalue weighted by atomic mass is 16.1. The van der Waals surface area contributed by atoms with Crippen LogP contribution in [0, 0.1) is 6.92 Å². The Morgan fingerprint density at radius 2 is 2.13 bits per heavy atom. The average molecular weight is 206 g/mol. The fourth-order valence-electron chi connectivity index (χ4n) is 1.35. The van der Waals surface area contributed by atoms with E-state index in [4.69, 9.17) is 5.73 Å². The minimum atomic E-state index is -0.0558. The van der Waals surface area contributed by atoms with Gasteiger partial charge in [-0.25, -0.2) is 0 Å². The van der Waals surface area contributed by atoms with E-state index >= 15 is 0 Å². The summed E-state index contributed by atoms with van der Waals surface area (Å²) < 4.78 is 0. The molecule has 0 fully saturated rings. The van der Waals surface area contributed by atoms with Gasteiger partial charge in [0.15, 0.2) is 0 Å². The first-order valence-corrected chi connectivity index (χ1v) is 5.21. The molecule has 1 amide bonds. The number of amides is 1. The molecule has 0 spiro atoms. The second kappa shape index (κ2) is 4.82. The van der Waals surface area contributed by atoms with E-state index in [1.807, 2.05) is 32.9 Å². The summed E-state index contributed by atoms with van der Waals surface area (Å²) in [5.74, 6) is -0.0558. The summed E-state index contributed by atoms with van der Waals surface area (Å²) in [5, 5.41) is 2.91. The highest BCUT2D eigenvalue weighted by Crippen LogP contribution is 2.11. The maximum absolute atomic E-state index is 11.8. The monoisotopic (exact) mass is 206 g/mol. The number of nitrogen functional groups attached to an aromatic ring is 1. The van der Waals surface area contributed by atoms with Crippen molar-refractivity contribution in [3.8, 4) is 0 Å². The van der Waals surface area contributed by atoms with Gasteiger partial charge < -0.3 is 11.1 Å². The van der Waals surface area contributed by atoms with E-state index in [-0.39, 0.29) is 11.9 Å². The summed E-state index contributed by atoms with van der Waals surface area (Å²) >= 11 is 0. The molecule has 0 aliphatic heterocycles. The van der Waals surface area contributed by atoms with Crippen LogP contribution in [0.1, 0.15) is 36.2 Å². The predicted molar refractivity (Wildman–Crippen MR) is 62.8 cm³/mol. The zero-order valence-electron chi connectivity index (χ0n) is 9.50. The van der Waals surface area contributed by atoms with Gasteiger partial charge in [-0.3, -0.25) is 4.79 Å². The molecule has 1 aromatic carbocycles. The SMILES string of the molecule is CCC(C)NC(=O)c1cc(C)cc(N)c1. The first-order valence-electron chi connectivity index (χ1n) is 5.21. The number of hydrogen-bond donors (Lipinski definition) is 2. The number of carbonyl (C=O) groups is 1. The zero-order chi connectivity index (χ0) is 11.4. The van der Waals surface area contributed by atoms with Gasteiger partial charge in [0.25, 0.3) is 5.91 Å². The third-order valence-electron chi connectivity index (χ3n) is 2.35. The molecule has 15 heavy (non-hydrogen) atoms. The molecule has 0 heterocycles. The molecule has 1 unspecified atom stereocenters. The molecule has 0 saturated carbocycles. The van der Waals surface area contributed by atoms with Crippen LogP contribution in [0.2, 0.25) is 0 Å². The minimum Gasteiger partial charge on any atom is -0.399 e. The second-order valence-corrected chi connectivity index (χ2v) is 3.92. The van der Waals surface area contributed by atoms with Crippen LogP contribution in [-0.4, -0.2) is 11.9 Å². The number of aryl methyl sites for hydroxylation is 1. The Balaban J connectivity index is 2.82. The van der Waals surface area contributed by atoms with E-state index in [1.165, 1.54) is 0 Å². The van der Waals surface area contributed by atoms with Crippen molar-refractivity contribution >= 4 is 11.6 Å². The van der Waals surface area contributed by atoms with Gasteiger partial charge >= 0.3 is 0 Å². The van der Waals surface area contributed by atoms with Gasteiger partial charge in [0.2, 0.25) is 0 Å². The molecule has 1 atom stereocenters. The molecule has 82 valence electrons. The van der Waals surface area contributed by atoms with Gasteiger partial charge in [-0.1, -0.05) is 6.92 Å². The summed E-state index contributed by atoms with van der Waals surface area (Å²) in [7, 11) is 0. The van der Waals surface area contributed by atoms with Crippen molar-refractivity contribution in [3.63, 3.8) is 0 Å². The summed E-state index contributed by atoms with van der Waals surface area (Å²) in [6, 6.07) is 5.58. The van der Waals surface area contributed by atoms with E-state index < -0.39 is 0 Å². The van der Waals surface area contributed by atoms with Crippen LogP contribution in [0.3, 0.4) is 0 Å². The molecule has 0 bridgehead atoms. The Morgan fingerprint density at radius 1 is 1.47 bits per heavy atom. The number of hydrogen-bond acceptors (Lipinski definition) is 2. The van der Waals surface area contributed by atoms with Gasteiger partial charge in [0.1, 0.15) is 0 Å². The van der Waals surface area contributed by atoms with Crippen LogP contribution in [0.4, 0.5) is 5.69 Å². The van der Waals surface area contributed by atoms with Gasteiger partial charge in [-0.2, -0.15) is 0 Å². The first kappa shape index (κ1) is 11.6. The maximum atomic E-state index is 11.8. The number of benzene rings is 1. The van der Waals surface area contributed by atoms with Crippen LogP contribution in [-0.2, 0) is 0 Å². The highest BCUT2D eigenvalue weighted by molar-refractivity contribution is 5.95. The Bertz CT molecular complexity index is 340. The van der Waals surface area contributed by atoms with Crippen molar-refractivity contribution in [2.75, 3.05) is 5.73 Å². The lowest BCUT2D eigenvalue weighted by Gasteiger charge is -2.12. The van der Waals surface area contributed by atoms with Gasteiger partial charge in [-0.15, -0.1) is 0 Å². The van der Waals surface area contributed by atoms with Gasteiger partial charge in [0.05, 0.1) is 0 Å². The minimum absolute atomic E-state index is 0.0558. The van der Waals surface area contributed by atoms with Crippen LogP contribution in [0.5, 0.6) is 0 Å². The summed E-state index contributed by atoms with van der Waals surface area (Å²) in [4.78, 5) is 11.8. The highest BCUT2D eigenvalue weighted by Gasteiger charge is 2.08. The van der Waals surface area contributed by atoms with E-state index in [1.54, 1.807) is 6.07 Å². The van der Waals surface area contributed by atoms with Crippen molar-refractivity contribution in [1.29, 1.82) is 0 Å². The average Bonchev–Trinajstić information content (AvgIpc) is 2.16. The summed E-state index contributed by atoms with van der Waals surface area (Å²) in [5.41, 5.74) is 7.95. The van der Waals surface area contributed by atoms with E-state index in [0.29, 0.717) is 11.3 Å². The van der Waals surface area contributed by atoms with Crippen LogP contribution >= 0.6 is 0 Å². The molecular formula is C12H18N2O. The van der Waals surface area contributed by atoms with Crippen molar-refractivity contribution in [1.82, 2.24) is 5.32 Å². The molecule has 1 rings (SSSR count). The molecule has 3 heteroatoms. The lowest BCUT2D eigenvalue weighted by Crippen LogP contribution is -2.31. The van der Waals surface area contributed by atoms with Crippen LogP contribution in [0.15, 0.2) is 18.2 Å². The van der Waals surface area contributed by atoms with E-state index in [2.05, 4.69) is 5.32 Å². The molecular weight excluding hydrogens is 188 g/mol. The van der Waals surface area contributed by atoms with Crippen molar-refractivity contribution in [3.05, 3.63) is 29.3 Å². The maximum Gasteiger partial charge on any atom is 0.251 e. The lowest BCUT2D eigenvalue weighted by atomic mass is 10.1. The van der Waals surface area contributed by atoms with Crippen LogP contribution < -0.4 is 11.1 Å². The van der Waals surface area contributed by atoms with E-state index in [9.17, 15) is 4.79 Å². The number of nitrogens with one attached hydrogen (secondary N) is 1. The zero-order valence-corrected chi connectivity index (χ0v) is 9.50. The normalized spacial score (nSPS) is 12.2. The molecule has 1 aromatic rings. The third kappa shape index (κ3) is 3.27. The quantitative estimate of drug-likeness (QED) is 0.744. The lowest BCUT2D eigenvalue weighted by molar-refractivity contribution is 0.0939. The third-order valence-corrected chi connectivity index (χ3v) is 2.35. The van der Waals surface area contributed by atoms with Crippen molar-refractivity contribution in [2.45, 2.75) is 33.2 Å². The Kier molecular flexibility index (Phi) is 3.72. The molecule has 0 radical (unpaired) electrons. The molecule has 0 aliphatic carbocycles. The number of nitrogens with two attached hydrogens (primary N) is 1. The standard InChI is InChI=1S/C12H18N2O/c1-4-9(3)14-12(15)10-5-8(2)6-11(13)7-10/h5-7,9H,4,13H2,1-3H3,(H,14,15). The van der Waals surface area contributed by atoms with E-state index in [0.717, 1.165) is 12.0 Å². The Morgan fingerprint density at radius 3 is 2.67 bits per heavy atom. The van der Waals surface area contributed by atoms with Crippen LogP contribution in [0.25, 0.3) is 0 Å². The predicted octanol–water partition coefficient (Wildman–Crippen LogP) is 2.11. The fraction of sp³-hybridized carbons (Fsp3) is 0.417.